The highest BCUT2D eigenvalue weighted by molar-refractivity contribution is 7.80. The highest BCUT2D eigenvalue weighted by Gasteiger charge is 2.27. The predicted molar refractivity (Wildman–Crippen MR) is 89.8 cm³/mol. The van der Waals surface area contributed by atoms with E-state index < -0.39 is 0 Å². The van der Waals surface area contributed by atoms with E-state index in [1.807, 2.05) is 0 Å². The highest BCUT2D eigenvalue weighted by Crippen LogP contribution is 2.29. The number of thiocarbonyl (C=S) groups is 1. The maximum absolute atomic E-state index is 5.42. The smallest absolute Gasteiger partial charge is 0.166 e. The molecule has 0 aliphatic heterocycles. The third-order valence-electron chi connectivity index (χ3n) is 4.57. The fraction of sp³-hybridized carbons (Fsp3) is 0.588. The molecule has 1 aromatic carbocycles. The van der Waals surface area contributed by atoms with Crippen LogP contribution in [0.2, 0.25) is 0 Å². The third kappa shape index (κ3) is 4.48. The average Bonchev–Trinajstić information content (AvgIpc) is 2.45. The van der Waals surface area contributed by atoms with Crippen LogP contribution in [0.1, 0.15) is 38.7 Å². The van der Waals surface area contributed by atoms with Crippen LogP contribution >= 0.6 is 12.2 Å². The van der Waals surface area contributed by atoms with Gasteiger partial charge in [-0.3, -0.25) is 0 Å². The second kappa shape index (κ2) is 7.63. The Bertz CT molecular complexity index is 418. The fourth-order valence-electron chi connectivity index (χ4n) is 2.97. The van der Waals surface area contributed by atoms with Crippen molar-refractivity contribution in [2.75, 3.05) is 6.54 Å². The van der Waals surface area contributed by atoms with Crippen LogP contribution in [-0.4, -0.2) is 17.7 Å². The van der Waals surface area contributed by atoms with Gasteiger partial charge in [0.2, 0.25) is 0 Å². The van der Waals surface area contributed by atoms with E-state index in [0.717, 1.165) is 24.0 Å². The van der Waals surface area contributed by atoms with Gasteiger partial charge in [0.25, 0.3) is 0 Å². The van der Waals surface area contributed by atoms with Crippen molar-refractivity contribution in [3.05, 3.63) is 35.9 Å². The third-order valence-corrected chi connectivity index (χ3v) is 4.83. The Balaban J connectivity index is 1.70. The van der Waals surface area contributed by atoms with Gasteiger partial charge in [0, 0.05) is 12.6 Å². The van der Waals surface area contributed by atoms with E-state index >= 15 is 0 Å². The average molecular weight is 290 g/mol. The highest BCUT2D eigenvalue weighted by atomic mass is 32.1. The van der Waals surface area contributed by atoms with Crippen LogP contribution in [-0.2, 0) is 6.42 Å². The zero-order valence-electron chi connectivity index (χ0n) is 12.6. The molecule has 1 aliphatic carbocycles. The zero-order valence-corrected chi connectivity index (χ0v) is 13.4. The molecular formula is C17H26N2S. The van der Waals surface area contributed by atoms with Gasteiger partial charge in [-0.1, -0.05) is 57.0 Å². The number of rotatable bonds is 4. The number of hydrogen-bond donors (Lipinski definition) is 2. The van der Waals surface area contributed by atoms with Crippen LogP contribution in [0.3, 0.4) is 0 Å². The minimum absolute atomic E-state index is 0.537. The predicted octanol–water partition coefficient (Wildman–Crippen LogP) is 3.52. The minimum atomic E-state index is 0.537. The van der Waals surface area contributed by atoms with E-state index in [9.17, 15) is 0 Å². The van der Waals surface area contributed by atoms with Crippen LogP contribution in [0.4, 0.5) is 0 Å². The quantitative estimate of drug-likeness (QED) is 0.830. The molecule has 3 heteroatoms. The molecule has 0 amide bonds. The Hall–Kier alpha value is -1.09. The topological polar surface area (TPSA) is 24.1 Å². The van der Waals surface area contributed by atoms with Crippen molar-refractivity contribution < 1.29 is 0 Å². The first kappa shape index (κ1) is 15.3. The molecule has 0 radical (unpaired) electrons. The Morgan fingerprint density at radius 1 is 1.20 bits per heavy atom. The second-order valence-corrected chi connectivity index (χ2v) is 6.42. The number of hydrogen-bond acceptors (Lipinski definition) is 1. The fourth-order valence-corrected chi connectivity index (χ4v) is 3.22. The van der Waals surface area contributed by atoms with Gasteiger partial charge in [-0.15, -0.1) is 0 Å². The molecule has 2 rings (SSSR count). The summed E-state index contributed by atoms with van der Waals surface area (Å²) in [5.41, 5.74) is 1.35. The first-order chi connectivity index (χ1) is 9.66. The van der Waals surface area contributed by atoms with Crippen LogP contribution < -0.4 is 10.6 Å². The Morgan fingerprint density at radius 2 is 1.95 bits per heavy atom. The molecular weight excluding hydrogens is 264 g/mol. The molecule has 0 saturated heterocycles. The maximum atomic E-state index is 5.42. The molecule has 3 atom stereocenters. The monoisotopic (exact) mass is 290 g/mol. The lowest BCUT2D eigenvalue weighted by molar-refractivity contribution is 0.224. The van der Waals surface area contributed by atoms with Gasteiger partial charge in [0.1, 0.15) is 0 Å². The molecule has 2 N–H and O–H groups in total. The molecule has 0 spiro atoms. The first-order valence-electron chi connectivity index (χ1n) is 7.75. The normalized spacial score (nSPS) is 26.0. The molecule has 20 heavy (non-hydrogen) atoms. The lowest BCUT2D eigenvalue weighted by Crippen LogP contribution is -2.48. The van der Waals surface area contributed by atoms with Gasteiger partial charge in [-0.05, 0) is 42.5 Å². The molecule has 1 aliphatic rings. The van der Waals surface area contributed by atoms with Crippen molar-refractivity contribution in [2.24, 2.45) is 11.8 Å². The van der Waals surface area contributed by atoms with Crippen LogP contribution in [0, 0.1) is 11.8 Å². The van der Waals surface area contributed by atoms with Crippen molar-refractivity contribution in [3.8, 4) is 0 Å². The van der Waals surface area contributed by atoms with Crippen molar-refractivity contribution in [1.29, 1.82) is 0 Å². The van der Waals surface area contributed by atoms with Crippen molar-refractivity contribution in [2.45, 2.75) is 45.6 Å². The molecule has 0 bridgehead atoms. The SMILES string of the molecule is C[C@@H]1[C@@H](C)CCC[C@H]1NC(=S)NCCc1ccccc1. The van der Waals surface area contributed by atoms with Crippen molar-refractivity contribution in [1.82, 2.24) is 10.6 Å². The molecule has 2 nitrogen and oxygen atoms in total. The van der Waals surface area contributed by atoms with Crippen LogP contribution in [0.25, 0.3) is 0 Å². The standard InChI is InChI=1S/C17H26N2S/c1-13-7-6-10-16(14(13)2)19-17(20)18-12-11-15-8-4-3-5-9-15/h3-5,8-9,13-14,16H,6-7,10-12H2,1-2H3,(H2,18,19,20)/t13-,14+,16+/m0/s1. The van der Waals surface area contributed by atoms with Gasteiger partial charge in [-0.2, -0.15) is 0 Å². The summed E-state index contributed by atoms with van der Waals surface area (Å²) in [5, 5.41) is 7.65. The summed E-state index contributed by atoms with van der Waals surface area (Å²) in [6.45, 7) is 5.59. The van der Waals surface area contributed by atoms with Gasteiger partial charge >= 0.3 is 0 Å². The van der Waals surface area contributed by atoms with Gasteiger partial charge in [-0.25, -0.2) is 0 Å². The van der Waals surface area contributed by atoms with Crippen molar-refractivity contribution in [3.63, 3.8) is 0 Å². The van der Waals surface area contributed by atoms with E-state index in [0.29, 0.717) is 12.0 Å². The van der Waals surface area contributed by atoms with Gasteiger partial charge in [0.05, 0.1) is 0 Å². The molecule has 1 fully saturated rings. The molecule has 110 valence electrons. The molecule has 0 heterocycles. The van der Waals surface area contributed by atoms with E-state index in [2.05, 4.69) is 54.8 Å². The molecule has 1 aromatic rings. The summed E-state index contributed by atoms with van der Waals surface area (Å²) in [7, 11) is 0. The number of benzene rings is 1. The van der Waals surface area contributed by atoms with Crippen molar-refractivity contribution >= 4 is 17.3 Å². The minimum Gasteiger partial charge on any atom is -0.362 e. The second-order valence-electron chi connectivity index (χ2n) is 6.01. The lowest BCUT2D eigenvalue weighted by atomic mass is 9.78. The summed E-state index contributed by atoms with van der Waals surface area (Å²) in [6, 6.07) is 11.1. The Morgan fingerprint density at radius 3 is 2.70 bits per heavy atom. The largest absolute Gasteiger partial charge is 0.362 e. The molecule has 1 saturated carbocycles. The van der Waals surface area contributed by atoms with E-state index in [-0.39, 0.29) is 0 Å². The van der Waals surface area contributed by atoms with E-state index in [1.165, 1.54) is 24.8 Å². The first-order valence-corrected chi connectivity index (χ1v) is 8.16. The molecule has 0 unspecified atom stereocenters. The summed E-state index contributed by atoms with van der Waals surface area (Å²) in [5.74, 6) is 1.51. The summed E-state index contributed by atoms with van der Waals surface area (Å²) in [6.07, 6.45) is 4.93. The summed E-state index contributed by atoms with van der Waals surface area (Å²) < 4.78 is 0. The van der Waals surface area contributed by atoms with Crippen LogP contribution in [0.5, 0.6) is 0 Å². The maximum Gasteiger partial charge on any atom is 0.166 e. The Labute approximate surface area is 128 Å². The summed E-state index contributed by atoms with van der Waals surface area (Å²) >= 11 is 5.42. The Kier molecular flexibility index (Phi) is 5.84. The van der Waals surface area contributed by atoms with E-state index in [1.54, 1.807) is 0 Å². The zero-order chi connectivity index (χ0) is 14.4. The van der Waals surface area contributed by atoms with Crippen LogP contribution in [0.15, 0.2) is 30.3 Å². The number of nitrogens with one attached hydrogen (secondary N) is 2. The lowest BCUT2D eigenvalue weighted by Gasteiger charge is -2.35. The molecule has 0 aromatic heterocycles. The van der Waals surface area contributed by atoms with Gasteiger partial charge in [0.15, 0.2) is 5.11 Å². The van der Waals surface area contributed by atoms with E-state index in [4.69, 9.17) is 12.2 Å². The summed E-state index contributed by atoms with van der Waals surface area (Å²) in [4.78, 5) is 0. The van der Waals surface area contributed by atoms with Gasteiger partial charge < -0.3 is 10.6 Å².